The quantitative estimate of drug-likeness (QED) is 0.106. The molecule has 6 heteroatoms. The van der Waals surface area contributed by atoms with Gasteiger partial charge in [0.2, 0.25) is 0 Å². The van der Waals surface area contributed by atoms with E-state index in [0.29, 0.717) is 6.42 Å². The van der Waals surface area contributed by atoms with Crippen LogP contribution in [0.25, 0.3) is 0 Å². The first-order valence-corrected chi connectivity index (χ1v) is 16.4. The maximum atomic E-state index is 11.3. The first-order chi connectivity index (χ1) is 16.3. The van der Waals surface area contributed by atoms with Crippen LogP contribution in [0.2, 0.25) is 18.1 Å². The molecule has 1 fully saturated rings. The van der Waals surface area contributed by atoms with E-state index >= 15 is 0 Å². The van der Waals surface area contributed by atoms with Gasteiger partial charge in [-0.3, -0.25) is 4.79 Å². The number of aliphatic hydroxyl groups excluding tert-OH is 1. The average molecular weight is 523 g/mol. The second kappa shape index (κ2) is 12.9. The zero-order valence-corrected chi connectivity index (χ0v) is 24.8. The van der Waals surface area contributed by atoms with Crippen molar-refractivity contribution in [1.29, 1.82) is 0 Å². The van der Waals surface area contributed by atoms with E-state index in [1.807, 2.05) is 13.8 Å². The predicted molar refractivity (Wildman–Crippen MR) is 148 cm³/mol. The Balaban J connectivity index is 2.24. The number of rotatable bonds is 11. The lowest BCUT2D eigenvalue weighted by Crippen LogP contribution is -2.44. The van der Waals surface area contributed by atoms with Crippen LogP contribution in [-0.4, -0.2) is 38.0 Å². The zero-order valence-electron chi connectivity index (χ0n) is 23.0. The van der Waals surface area contributed by atoms with E-state index in [-0.39, 0.29) is 40.2 Å². The molecule has 0 saturated heterocycles. The number of halogens is 1. The van der Waals surface area contributed by atoms with E-state index in [1.165, 1.54) is 12.7 Å². The van der Waals surface area contributed by atoms with Gasteiger partial charge < -0.3 is 14.3 Å². The van der Waals surface area contributed by atoms with E-state index in [9.17, 15) is 9.90 Å². The SMILES string of the molecule is COC(=O)CCC/C=C\C[C@@H]1[C@@H](c2ccc(C(O)C(C)C)cc2)[C@H](O[Si](C)(C)C(C)(C)C)C[C@H]1Cl. The largest absolute Gasteiger partial charge is 0.469 e. The molecule has 0 aromatic heterocycles. The van der Waals surface area contributed by atoms with Gasteiger partial charge in [-0.05, 0) is 66.8 Å². The Hall–Kier alpha value is -1.14. The molecule has 1 saturated carbocycles. The second-order valence-corrected chi connectivity index (χ2v) is 17.2. The van der Waals surface area contributed by atoms with Gasteiger partial charge in [0.05, 0.1) is 19.3 Å². The fourth-order valence-corrected chi connectivity index (χ4v) is 6.40. The molecule has 1 N–H and O–H groups in total. The smallest absolute Gasteiger partial charge is 0.305 e. The van der Waals surface area contributed by atoms with Gasteiger partial charge in [0, 0.05) is 17.7 Å². The van der Waals surface area contributed by atoms with Gasteiger partial charge in [-0.1, -0.05) is 71.0 Å². The number of allylic oxidation sites excluding steroid dienone is 2. The molecule has 2 rings (SSSR count). The molecular weight excluding hydrogens is 476 g/mol. The summed E-state index contributed by atoms with van der Waals surface area (Å²) in [4.78, 5) is 11.3. The highest BCUT2D eigenvalue weighted by atomic mass is 35.5. The lowest BCUT2D eigenvalue weighted by molar-refractivity contribution is -0.140. The van der Waals surface area contributed by atoms with Gasteiger partial charge in [0.1, 0.15) is 0 Å². The number of aliphatic hydroxyl groups is 1. The molecule has 0 amide bonds. The van der Waals surface area contributed by atoms with Crippen molar-refractivity contribution in [3.63, 3.8) is 0 Å². The summed E-state index contributed by atoms with van der Waals surface area (Å²) in [6, 6.07) is 8.44. The number of hydrogen-bond acceptors (Lipinski definition) is 4. The monoisotopic (exact) mass is 522 g/mol. The Morgan fingerprint density at radius 1 is 1.20 bits per heavy atom. The van der Waals surface area contributed by atoms with E-state index < -0.39 is 14.4 Å². The number of unbranched alkanes of at least 4 members (excludes halogenated alkanes) is 1. The maximum Gasteiger partial charge on any atom is 0.305 e. The van der Waals surface area contributed by atoms with Gasteiger partial charge in [0.15, 0.2) is 8.32 Å². The van der Waals surface area contributed by atoms with E-state index in [1.54, 1.807) is 0 Å². The number of ether oxygens (including phenoxy) is 1. The molecule has 4 nitrogen and oxygen atoms in total. The van der Waals surface area contributed by atoms with Gasteiger partial charge in [-0.2, -0.15) is 0 Å². The van der Waals surface area contributed by atoms with Crippen molar-refractivity contribution in [1.82, 2.24) is 0 Å². The topological polar surface area (TPSA) is 55.8 Å². The number of alkyl halides is 1. The number of methoxy groups -OCH3 is 1. The summed E-state index contributed by atoms with van der Waals surface area (Å²) >= 11 is 6.98. The minimum Gasteiger partial charge on any atom is -0.469 e. The van der Waals surface area contributed by atoms with Gasteiger partial charge >= 0.3 is 5.97 Å². The van der Waals surface area contributed by atoms with Crippen molar-refractivity contribution in [2.24, 2.45) is 11.8 Å². The Kier molecular flexibility index (Phi) is 11.1. The summed E-state index contributed by atoms with van der Waals surface area (Å²) in [6.07, 6.45) is 7.81. The molecular formula is C29H47ClO4Si. The van der Waals surface area contributed by atoms with Crippen LogP contribution in [0.3, 0.4) is 0 Å². The minimum absolute atomic E-state index is 0.0374. The molecule has 0 bridgehead atoms. The molecule has 1 aromatic carbocycles. The van der Waals surface area contributed by atoms with E-state index in [0.717, 1.165) is 31.2 Å². The van der Waals surface area contributed by atoms with Crippen LogP contribution in [-0.2, 0) is 14.0 Å². The molecule has 1 unspecified atom stereocenters. The Labute approximate surface area is 219 Å². The van der Waals surface area contributed by atoms with Crippen molar-refractivity contribution in [2.75, 3.05) is 7.11 Å². The highest BCUT2D eigenvalue weighted by Gasteiger charge is 2.48. The third-order valence-corrected chi connectivity index (χ3v) is 12.9. The minimum atomic E-state index is -1.97. The normalized spacial score (nSPS) is 24.3. The Morgan fingerprint density at radius 3 is 2.37 bits per heavy atom. The summed E-state index contributed by atoms with van der Waals surface area (Å²) in [5.41, 5.74) is 2.19. The Bertz CT molecular complexity index is 828. The van der Waals surface area contributed by atoms with Crippen molar-refractivity contribution >= 4 is 25.9 Å². The summed E-state index contributed by atoms with van der Waals surface area (Å²) in [5.74, 6) is 0.485. The zero-order chi connectivity index (χ0) is 26.4. The summed E-state index contributed by atoms with van der Waals surface area (Å²) in [6.45, 7) is 15.5. The van der Waals surface area contributed by atoms with Crippen molar-refractivity contribution in [3.05, 3.63) is 47.5 Å². The standard InChI is InChI=1S/C29H47ClO4Si/c1-20(2)28(32)22-17-15-21(16-18-22)27-23(13-11-9-10-12-14-26(31)33-6)24(30)19-25(27)34-35(7,8)29(3,4)5/h9,11,15-18,20,23-25,27-28,32H,10,12-14,19H2,1-8H3/b11-9-/t23-,24+,25+,27+,28?/m0/s1. The molecule has 1 aliphatic carbocycles. The lowest BCUT2D eigenvalue weighted by atomic mass is 9.84. The van der Waals surface area contributed by atoms with Gasteiger partial charge in [-0.25, -0.2) is 0 Å². The summed E-state index contributed by atoms with van der Waals surface area (Å²) in [5, 5.41) is 10.7. The number of hydrogen-bond donors (Lipinski definition) is 1. The molecule has 1 aliphatic rings. The number of carbonyl (C=O) groups excluding carboxylic acids is 1. The third-order valence-electron chi connectivity index (χ3n) is 7.88. The number of benzene rings is 1. The van der Waals surface area contributed by atoms with Crippen LogP contribution in [0, 0.1) is 11.8 Å². The van der Waals surface area contributed by atoms with Crippen molar-refractivity contribution < 1.29 is 19.1 Å². The van der Waals surface area contributed by atoms with Crippen LogP contribution >= 0.6 is 11.6 Å². The van der Waals surface area contributed by atoms with Crippen LogP contribution in [0.4, 0.5) is 0 Å². The van der Waals surface area contributed by atoms with Gasteiger partial charge in [0.25, 0.3) is 0 Å². The molecule has 0 radical (unpaired) electrons. The van der Waals surface area contributed by atoms with Crippen LogP contribution in [0.1, 0.15) is 89.9 Å². The maximum absolute atomic E-state index is 11.3. The molecule has 35 heavy (non-hydrogen) atoms. The fraction of sp³-hybridized carbons (Fsp3) is 0.690. The van der Waals surface area contributed by atoms with E-state index in [2.05, 4.69) is 70.3 Å². The lowest BCUT2D eigenvalue weighted by Gasteiger charge is -2.40. The van der Waals surface area contributed by atoms with Crippen molar-refractivity contribution in [3.8, 4) is 0 Å². The predicted octanol–water partition coefficient (Wildman–Crippen LogP) is 7.77. The van der Waals surface area contributed by atoms with Crippen LogP contribution in [0.5, 0.6) is 0 Å². The molecule has 0 spiro atoms. The highest BCUT2D eigenvalue weighted by Crippen LogP contribution is 2.49. The molecule has 198 valence electrons. The van der Waals surface area contributed by atoms with Crippen molar-refractivity contribution in [2.45, 2.75) is 108 Å². The summed E-state index contributed by atoms with van der Waals surface area (Å²) < 4.78 is 11.7. The first-order valence-electron chi connectivity index (χ1n) is 13.1. The third kappa shape index (κ3) is 8.18. The Morgan fingerprint density at radius 2 is 1.83 bits per heavy atom. The van der Waals surface area contributed by atoms with Gasteiger partial charge in [-0.15, -0.1) is 11.6 Å². The number of esters is 1. The summed E-state index contributed by atoms with van der Waals surface area (Å²) in [7, 11) is -0.543. The first kappa shape index (κ1) is 30.1. The molecule has 1 aromatic rings. The second-order valence-electron chi connectivity index (χ2n) is 11.9. The highest BCUT2D eigenvalue weighted by molar-refractivity contribution is 6.74. The molecule has 0 aliphatic heterocycles. The van der Waals surface area contributed by atoms with E-state index in [4.69, 9.17) is 20.8 Å². The van der Waals surface area contributed by atoms with Crippen LogP contribution in [0.15, 0.2) is 36.4 Å². The molecule has 0 heterocycles. The molecule has 5 atom stereocenters. The fourth-order valence-electron chi connectivity index (χ4n) is 4.61. The number of carbonyl (C=O) groups is 1. The average Bonchev–Trinajstić information content (AvgIpc) is 3.08. The van der Waals surface area contributed by atoms with Crippen LogP contribution < -0.4 is 0 Å².